The number of rotatable bonds is 4. The monoisotopic (exact) mass is 394 g/mol. The molecule has 0 spiro atoms. The number of nitrogens with zero attached hydrogens (tertiary/aromatic N) is 1. The van der Waals surface area contributed by atoms with E-state index >= 15 is 0 Å². The Bertz CT molecular complexity index is 914. The molecule has 1 saturated heterocycles. The van der Waals surface area contributed by atoms with Crippen LogP contribution in [0.5, 0.6) is 0 Å². The highest BCUT2D eigenvalue weighted by Crippen LogP contribution is 2.36. The summed E-state index contributed by atoms with van der Waals surface area (Å²) in [4.78, 5) is 17.0. The summed E-state index contributed by atoms with van der Waals surface area (Å²) >= 11 is 0. The second-order valence-electron chi connectivity index (χ2n) is 8.28. The summed E-state index contributed by atoms with van der Waals surface area (Å²) in [6, 6.07) is 7.31. The molecule has 29 heavy (non-hydrogen) atoms. The standard InChI is InChI=1S/C21H27BN4O3/c1-13-11-14(2)25-18(24-13)17(12-23)19(27)26-16-9-7-15(8-10-16)22-28-20(3,4)21(5,6)29-22/h7-12,23-24H,1-6H3,(H,26,27)/b18-17-,23-12?. The largest absolute Gasteiger partial charge is 0.494 e. The zero-order valence-corrected chi connectivity index (χ0v) is 17.7. The molecule has 0 aromatic heterocycles. The van der Waals surface area contributed by atoms with Crippen molar-refractivity contribution in [1.82, 2.24) is 5.32 Å². The molecule has 1 aromatic rings. The van der Waals surface area contributed by atoms with E-state index in [1.165, 1.54) is 0 Å². The molecule has 0 saturated carbocycles. The molecule has 0 unspecified atom stereocenters. The van der Waals surface area contributed by atoms with Gasteiger partial charge in [0.05, 0.1) is 16.8 Å². The maximum absolute atomic E-state index is 12.7. The third kappa shape index (κ3) is 4.33. The van der Waals surface area contributed by atoms with E-state index in [1.54, 1.807) is 12.1 Å². The maximum Gasteiger partial charge on any atom is 0.494 e. The first kappa shape index (κ1) is 21.0. The van der Waals surface area contributed by atoms with Crippen LogP contribution in [0.25, 0.3) is 0 Å². The van der Waals surface area contributed by atoms with Gasteiger partial charge >= 0.3 is 7.12 Å². The molecule has 1 fully saturated rings. The zero-order valence-electron chi connectivity index (χ0n) is 17.7. The number of carbonyl (C=O) groups is 1. The van der Waals surface area contributed by atoms with Crippen molar-refractivity contribution in [3.05, 3.63) is 47.4 Å². The summed E-state index contributed by atoms with van der Waals surface area (Å²) in [5.41, 5.74) is 2.47. The van der Waals surface area contributed by atoms with E-state index < -0.39 is 24.2 Å². The number of aliphatic imine (C=N–C) groups is 1. The van der Waals surface area contributed by atoms with E-state index in [-0.39, 0.29) is 5.57 Å². The predicted octanol–water partition coefficient (Wildman–Crippen LogP) is 2.75. The van der Waals surface area contributed by atoms with Crippen LogP contribution in [0.1, 0.15) is 41.5 Å². The molecule has 152 valence electrons. The number of carbonyl (C=O) groups excluding carboxylic acids is 1. The minimum absolute atomic E-state index is 0.159. The lowest BCUT2D eigenvalue weighted by molar-refractivity contribution is -0.112. The molecule has 8 heteroatoms. The Labute approximate surface area is 171 Å². The van der Waals surface area contributed by atoms with Crippen molar-refractivity contribution >= 4 is 36.1 Å². The first-order valence-corrected chi connectivity index (χ1v) is 9.55. The number of nitrogens with one attached hydrogen (secondary N) is 3. The van der Waals surface area contributed by atoms with Gasteiger partial charge in [0.2, 0.25) is 0 Å². The topological polar surface area (TPSA) is 95.8 Å². The van der Waals surface area contributed by atoms with Crippen LogP contribution in [-0.4, -0.2) is 36.2 Å². The van der Waals surface area contributed by atoms with E-state index in [4.69, 9.17) is 14.7 Å². The first-order valence-electron chi connectivity index (χ1n) is 9.55. The average Bonchev–Trinajstić information content (AvgIpc) is 2.83. The minimum atomic E-state index is -0.456. The van der Waals surface area contributed by atoms with Gasteiger partial charge in [0.1, 0.15) is 5.82 Å². The molecular formula is C21H27BN4O3. The van der Waals surface area contributed by atoms with Crippen LogP contribution >= 0.6 is 0 Å². The lowest BCUT2D eigenvalue weighted by Crippen LogP contribution is -2.41. The molecule has 2 aliphatic rings. The maximum atomic E-state index is 12.7. The first-order chi connectivity index (χ1) is 13.5. The van der Waals surface area contributed by atoms with Crippen LogP contribution in [0.4, 0.5) is 5.69 Å². The van der Waals surface area contributed by atoms with Crippen molar-refractivity contribution in [2.24, 2.45) is 4.99 Å². The third-order valence-corrected chi connectivity index (χ3v) is 5.37. The Balaban J connectivity index is 1.74. The van der Waals surface area contributed by atoms with Gasteiger partial charge in [-0.25, -0.2) is 4.99 Å². The number of benzene rings is 1. The van der Waals surface area contributed by atoms with Gasteiger partial charge in [-0.3, -0.25) is 4.79 Å². The summed E-state index contributed by atoms with van der Waals surface area (Å²) in [5.74, 6) is -0.0408. The molecule has 0 aliphatic carbocycles. The van der Waals surface area contributed by atoms with Crippen LogP contribution in [0.3, 0.4) is 0 Å². The van der Waals surface area contributed by atoms with Crippen molar-refractivity contribution in [2.45, 2.75) is 52.7 Å². The minimum Gasteiger partial charge on any atom is -0.399 e. The Kier molecular flexibility index (Phi) is 5.51. The van der Waals surface area contributed by atoms with Crippen LogP contribution in [0.2, 0.25) is 0 Å². The number of amides is 1. The van der Waals surface area contributed by atoms with E-state index in [1.807, 2.05) is 59.8 Å². The summed E-state index contributed by atoms with van der Waals surface area (Å²) in [6.07, 6.45) is 2.88. The summed E-state index contributed by atoms with van der Waals surface area (Å²) in [5, 5.41) is 13.5. The molecule has 0 atom stereocenters. The Morgan fingerprint density at radius 2 is 1.72 bits per heavy atom. The van der Waals surface area contributed by atoms with Gasteiger partial charge in [0, 0.05) is 23.3 Å². The van der Waals surface area contributed by atoms with E-state index in [0.29, 0.717) is 11.5 Å². The van der Waals surface area contributed by atoms with Gasteiger partial charge in [-0.2, -0.15) is 0 Å². The smallest absolute Gasteiger partial charge is 0.399 e. The number of allylic oxidation sites excluding steroid dienone is 2. The molecular weight excluding hydrogens is 367 g/mol. The fourth-order valence-corrected chi connectivity index (χ4v) is 3.04. The van der Waals surface area contributed by atoms with Crippen molar-refractivity contribution < 1.29 is 14.1 Å². The molecule has 0 radical (unpaired) electrons. The number of hydrogen-bond acceptors (Lipinski definition) is 6. The summed E-state index contributed by atoms with van der Waals surface area (Å²) in [6.45, 7) is 11.8. The fourth-order valence-electron chi connectivity index (χ4n) is 3.04. The van der Waals surface area contributed by atoms with Crippen molar-refractivity contribution in [3.8, 4) is 0 Å². The van der Waals surface area contributed by atoms with Crippen molar-refractivity contribution in [3.63, 3.8) is 0 Å². The van der Waals surface area contributed by atoms with E-state index in [0.717, 1.165) is 23.1 Å². The molecule has 3 N–H and O–H groups in total. The molecule has 0 bridgehead atoms. The lowest BCUT2D eigenvalue weighted by atomic mass is 9.79. The molecule has 1 aromatic carbocycles. The second-order valence-corrected chi connectivity index (χ2v) is 8.28. The Morgan fingerprint density at radius 3 is 2.24 bits per heavy atom. The summed E-state index contributed by atoms with van der Waals surface area (Å²) in [7, 11) is -0.456. The van der Waals surface area contributed by atoms with Crippen LogP contribution in [0.15, 0.2) is 52.4 Å². The Morgan fingerprint density at radius 1 is 1.14 bits per heavy atom. The fraction of sp³-hybridized carbons (Fsp3) is 0.381. The molecule has 2 aliphatic heterocycles. The highest BCUT2D eigenvalue weighted by atomic mass is 16.7. The van der Waals surface area contributed by atoms with Crippen LogP contribution < -0.4 is 16.1 Å². The highest BCUT2D eigenvalue weighted by Gasteiger charge is 2.51. The number of hydrogen-bond donors (Lipinski definition) is 3. The normalized spacial score (nSPS) is 21.7. The van der Waals surface area contributed by atoms with E-state index in [9.17, 15) is 4.79 Å². The van der Waals surface area contributed by atoms with Crippen LogP contribution in [-0.2, 0) is 14.1 Å². The quantitative estimate of drug-likeness (QED) is 0.416. The lowest BCUT2D eigenvalue weighted by Gasteiger charge is -2.32. The predicted molar refractivity (Wildman–Crippen MR) is 117 cm³/mol. The second kappa shape index (κ2) is 7.61. The number of anilines is 1. The molecule has 1 amide bonds. The zero-order chi connectivity index (χ0) is 21.4. The van der Waals surface area contributed by atoms with Gasteiger partial charge in [0.25, 0.3) is 5.91 Å². The molecule has 7 nitrogen and oxygen atoms in total. The molecule has 3 rings (SSSR count). The van der Waals surface area contributed by atoms with Gasteiger partial charge < -0.3 is 25.4 Å². The van der Waals surface area contributed by atoms with Gasteiger partial charge in [0.15, 0.2) is 0 Å². The van der Waals surface area contributed by atoms with Crippen LogP contribution in [0, 0.1) is 5.41 Å². The SMILES string of the molecule is CC1=CC(C)=N/C(=C(/C=N)C(=O)Nc2ccc(B3OC(C)(C)C(C)(C)O3)cc2)N1. The highest BCUT2D eigenvalue weighted by molar-refractivity contribution is 6.62. The van der Waals surface area contributed by atoms with Gasteiger partial charge in [-0.15, -0.1) is 0 Å². The van der Waals surface area contributed by atoms with Crippen molar-refractivity contribution in [1.29, 1.82) is 5.41 Å². The van der Waals surface area contributed by atoms with Crippen molar-refractivity contribution in [2.75, 3.05) is 5.32 Å². The summed E-state index contributed by atoms with van der Waals surface area (Å²) < 4.78 is 12.1. The van der Waals surface area contributed by atoms with E-state index in [2.05, 4.69) is 15.6 Å². The third-order valence-electron chi connectivity index (χ3n) is 5.37. The molecule has 2 heterocycles. The van der Waals surface area contributed by atoms with Gasteiger partial charge in [-0.1, -0.05) is 12.1 Å². The van der Waals surface area contributed by atoms with Gasteiger partial charge in [-0.05, 0) is 65.2 Å². The average molecular weight is 394 g/mol. The Hall–Kier alpha value is -2.71.